The molecule has 0 aromatic heterocycles. The van der Waals surface area contributed by atoms with Crippen molar-refractivity contribution >= 4 is 53.2 Å². The van der Waals surface area contributed by atoms with Gasteiger partial charge in [0.2, 0.25) is 47.3 Å². The van der Waals surface area contributed by atoms with E-state index in [1.807, 2.05) is 0 Å². The Morgan fingerprint density at radius 2 is 1.31 bits per heavy atom. The normalized spacial score (nSPS) is 24.1. The Bertz CT molecular complexity index is 2630. The van der Waals surface area contributed by atoms with E-state index in [9.17, 15) is 69.0 Å². The van der Waals surface area contributed by atoms with Crippen molar-refractivity contribution in [3.63, 3.8) is 0 Å². The Balaban J connectivity index is 1.53. The SMILES string of the molecule is CC[C@H](C)[C@H](NC(=O)C(O)Cc1ccc(O)cc1)C(=O)NC(CCO)C(=O)N[C@@H]1C(=O)NC(CCO)C(=O)NC2CCC(O)N(C2=O)[C@@H](Cc2ccccc2)C(=O)N(C)C(Cc2ccc(O)cc2)C(=O)N[C@@H](C(C)C)C(=O)O[C@H]1C. The summed E-state index contributed by atoms with van der Waals surface area (Å²) in [6.45, 7) is 6.33. The highest BCUT2D eigenvalue weighted by molar-refractivity contribution is 5.99. The Morgan fingerprint density at radius 3 is 1.90 bits per heavy atom. The second-order valence-corrected chi connectivity index (χ2v) is 20.7. The van der Waals surface area contributed by atoms with Crippen LogP contribution in [-0.4, -0.2) is 181 Å². The number of esters is 1. The van der Waals surface area contributed by atoms with Gasteiger partial charge in [-0.1, -0.05) is 88.7 Å². The number of carbonyl (C=O) groups excluding carboxylic acids is 9. The predicted molar refractivity (Wildman–Crippen MR) is 287 cm³/mol. The third kappa shape index (κ3) is 16.9. The van der Waals surface area contributed by atoms with Gasteiger partial charge in [0.15, 0.2) is 0 Å². The summed E-state index contributed by atoms with van der Waals surface area (Å²) in [5.74, 6) is -10.3. The molecule has 2 bridgehead atoms. The first kappa shape index (κ1) is 63.2. The number of phenols is 2. The highest BCUT2D eigenvalue weighted by atomic mass is 16.5. The zero-order valence-corrected chi connectivity index (χ0v) is 45.7. The van der Waals surface area contributed by atoms with Crippen LogP contribution in [0.15, 0.2) is 78.9 Å². The van der Waals surface area contributed by atoms with Gasteiger partial charge in [-0.3, -0.25) is 38.4 Å². The summed E-state index contributed by atoms with van der Waals surface area (Å²) in [7, 11) is 1.32. The van der Waals surface area contributed by atoms with Crippen molar-refractivity contribution in [3.05, 3.63) is 95.6 Å². The van der Waals surface area contributed by atoms with Crippen molar-refractivity contribution < 1.29 is 78.5 Å². The lowest BCUT2D eigenvalue weighted by atomic mass is 9.95. The largest absolute Gasteiger partial charge is 0.508 e. The summed E-state index contributed by atoms with van der Waals surface area (Å²) >= 11 is 0. The van der Waals surface area contributed by atoms with Crippen LogP contribution in [0.3, 0.4) is 0 Å². The average molecular weight is 1120 g/mol. The van der Waals surface area contributed by atoms with Gasteiger partial charge in [-0.25, -0.2) is 4.79 Å². The molecule has 0 spiro atoms. The van der Waals surface area contributed by atoms with Crippen LogP contribution in [-0.2, 0) is 67.2 Å². The Labute approximate surface area is 464 Å². The van der Waals surface area contributed by atoms with Crippen LogP contribution in [0.25, 0.3) is 0 Å². The first-order valence-corrected chi connectivity index (χ1v) is 26.8. The van der Waals surface area contributed by atoms with Crippen LogP contribution >= 0.6 is 0 Å². The topological polar surface area (TPSA) is 363 Å². The number of carbonyl (C=O) groups is 9. The molecule has 80 heavy (non-hydrogen) atoms. The van der Waals surface area contributed by atoms with Crippen LogP contribution < -0.4 is 31.9 Å². The third-order valence-corrected chi connectivity index (χ3v) is 14.4. The number of benzene rings is 3. The van der Waals surface area contributed by atoms with Crippen molar-refractivity contribution in [2.45, 2.75) is 153 Å². The molecule has 2 aliphatic heterocycles. The zero-order valence-electron chi connectivity index (χ0n) is 45.7. The fourth-order valence-electron chi connectivity index (χ4n) is 9.40. The number of likely N-dealkylation sites (N-methyl/N-ethyl adjacent to an activating group) is 1. The number of phenolic OH excluding ortho intramolecular Hbond substituents is 2. The minimum absolute atomic E-state index is 0.0304. The van der Waals surface area contributed by atoms with E-state index in [1.54, 1.807) is 58.0 Å². The summed E-state index contributed by atoms with van der Waals surface area (Å²) in [6.07, 6.45) is -6.28. The lowest BCUT2D eigenvalue weighted by molar-refractivity contribution is -0.165. The zero-order chi connectivity index (χ0) is 59.0. The van der Waals surface area contributed by atoms with Crippen molar-refractivity contribution in [1.29, 1.82) is 0 Å². The first-order valence-electron chi connectivity index (χ1n) is 26.8. The number of piperidine rings is 1. The molecule has 5 rings (SSSR count). The van der Waals surface area contributed by atoms with Crippen molar-refractivity contribution in [1.82, 2.24) is 41.7 Å². The van der Waals surface area contributed by atoms with Crippen molar-refractivity contribution in [2.24, 2.45) is 11.8 Å². The highest BCUT2D eigenvalue weighted by Gasteiger charge is 2.46. The highest BCUT2D eigenvalue weighted by Crippen LogP contribution is 2.26. The van der Waals surface area contributed by atoms with E-state index in [1.165, 1.54) is 62.5 Å². The fourth-order valence-corrected chi connectivity index (χ4v) is 9.40. The molecule has 2 aliphatic rings. The predicted octanol–water partition coefficient (Wildman–Crippen LogP) is -1.06. The van der Waals surface area contributed by atoms with Gasteiger partial charge in [0.05, 0.1) is 0 Å². The van der Waals surface area contributed by atoms with Crippen LogP contribution in [0.1, 0.15) is 83.4 Å². The number of hydrogen-bond donors (Lipinski definition) is 12. The van der Waals surface area contributed by atoms with Gasteiger partial charge in [0.25, 0.3) is 0 Å². The molecule has 2 fully saturated rings. The third-order valence-electron chi connectivity index (χ3n) is 14.4. The summed E-state index contributed by atoms with van der Waals surface area (Å²) in [5.41, 5.74) is 1.53. The molecule has 12 atom stereocenters. The number of nitrogens with one attached hydrogen (secondary N) is 6. The van der Waals surface area contributed by atoms with E-state index in [0.717, 1.165) is 9.80 Å². The molecule has 6 unspecified atom stereocenters. The van der Waals surface area contributed by atoms with E-state index in [0.29, 0.717) is 23.1 Å². The molecular weight excluding hydrogens is 1040 g/mol. The number of aromatic hydroxyl groups is 2. The number of nitrogens with zero attached hydrogens (tertiary/aromatic N) is 2. The average Bonchev–Trinajstić information content (AvgIpc) is 3.42. The molecule has 24 nitrogen and oxygen atoms in total. The summed E-state index contributed by atoms with van der Waals surface area (Å²) in [5, 5.41) is 77.6. The number of aliphatic hydroxyl groups excluding tert-OH is 4. The molecule has 0 aliphatic carbocycles. The summed E-state index contributed by atoms with van der Waals surface area (Å²) in [6, 6.07) is 7.70. The standard InChI is InChI=1S/C56H76N8O16/c1-7-31(4)46(61-51(74)43(69)29-35-15-19-37(68)20-16-35)52(75)57-39(24-26-66)49(72)62-47-32(5)80-56(79)45(30(2)3)60-50(73)41(27-34-13-17-36(67)18-14-34)63(6)55(78)42(28-33-11-9-8-10-12-33)64-44(70)22-21-40(54(64)77)59-48(71)38(23-25-65)58-53(47)76/h8-20,30-32,38-47,65-70H,7,21-29H2,1-6H3,(H,57,75)(H,58,76)(H,59,71)(H,60,73)(H,61,74)(H,62,72)/t31-,32-,38?,39?,40?,41?,42-,43?,44?,45-,46-,47-/m0/s1. The van der Waals surface area contributed by atoms with Crippen LogP contribution in [0.5, 0.6) is 11.5 Å². The molecule has 3 aromatic rings. The van der Waals surface area contributed by atoms with Gasteiger partial charge in [-0.05, 0) is 85.4 Å². The van der Waals surface area contributed by atoms with Crippen LogP contribution in [0.2, 0.25) is 0 Å². The molecule has 436 valence electrons. The smallest absolute Gasteiger partial charge is 0.329 e. The molecule has 8 amide bonds. The van der Waals surface area contributed by atoms with E-state index in [-0.39, 0.29) is 43.6 Å². The van der Waals surface area contributed by atoms with Crippen molar-refractivity contribution in [3.8, 4) is 11.5 Å². The van der Waals surface area contributed by atoms with Crippen molar-refractivity contribution in [2.75, 3.05) is 20.3 Å². The number of rotatable bonds is 19. The van der Waals surface area contributed by atoms with Gasteiger partial charge < -0.3 is 77.1 Å². The molecule has 2 heterocycles. The molecule has 12 N–H and O–H groups in total. The number of aliphatic hydroxyl groups is 4. The van der Waals surface area contributed by atoms with E-state index >= 15 is 4.79 Å². The summed E-state index contributed by atoms with van der Waals surface area (Å²) < 4.78 is 5.86. The number of cyclic esters (lactones) is 1. The molecule has 3 aromatic carbocycles. The van der Waals surface area contributed by atoms with E-state index < -0.39 is 158 Å². The van der Waals surface area contributed by atoms with Gasteiger partial charge >= 0.3 is 5.97 Å². The number of amides is 8. The lowest BCUT2D eigenvalue weighted by Crippen LogP contribution is -2.65. The maximum Gasteiger partial charge on any atom is 0.329 e. The fraction of sp³-hybridized carbons (Fsp3) is 0.518. The first-order chi connectivity index (χ1) is 38.0. The Kier molecular flexibility index (Phi) is 23.3. The molecule has 0 saturated carbocycles. The van der Waals surface area contributed by atoms with E-state index in [4.69, 9.17) is 4.74 Å². The minimum atomic E-state index is -1.93. The number of fused-ring (bicyclic) bond motifs is 2. The number of ether oxygens (including phenoxy) is 1. The Hall–Kier alpha value is -7.67. The number of hydrogen-bond acceptors (Lipinski definition) is 16. The molecule has 0 radical (unpaired) electrons. The van der Waals surface area contributed by atoms with Gasteiger partial charge in [-0.15, -0.1) is 0 Å². The van der Waals surface area contributed by atoms with Gasteiger partial charge in [0, 0.05) is 39.5 Å². The minimum Gasteiger partial charge on any atom is -0.508 e. The second kappa shape index (κ2) is 29.5. The maximum atomic E-state index is 15.1. The van der Waals surface area contributed by atoms with Crippen LogP contribution in [0, 0.1) is 11.8 Å². The quantitative estimate of drug-likeness (QED) is 0.0637. The molecule has 2 saturated heterocycles. The lowest BCUT2D eigenvalue weighted by Gasteiger charge is -2.43. The monoisotopic (exact) mass is 1120 g/mol. The maximum absolute atomic E-state index is 15.1. The second-order valence-electron chi connectivity index (χ2n) is 20.7. The Morgan fingerprint density at radius 1 is 0.713 bits per heavy atom. The van der Waals surface area contributed by atoms with E-state index in [2.05, 4.69) is 31.9 Å². The van der Waals surface area contributed by atoms with Gasteiger partial charge in [0.1, 0.15) is 78.3 Å². The van der Waals surface area contributed by atoms with Gasteiger partial charge in [-0.2, -0.15) is 0 Å². The molecule has 24 heteroatoms. The molecular formula is C56H76N8O16. The summed E-state index contributed by atoms with van der Waals surface area (Å²) in [4.78, 5) is 131. The van der Waals surface area contributed by atoms with Crippen LogP contribution in [0.4, 0.5) is 0 Å².